The molecule has 2 atom stereocenters. The highest BCUT2D eigenvalue weighted by molar-refractivity contribution is 6.60. The molecule has 0 aliphatic carbocycles. The Balaban J connectivity index is 1.44. The summed E-state index contributed by atoms with van der Waals surface area (Å²) in [4.78, 5) is 19.0. The minimum absolute atomic E-state index is 0.100. The monoisotopic (exact) mass is 624 g/mol. The van der Waals surface area contributed by atoms with Crippen LogP contribution in [0.2, 0.25) is 6.04 Å². The third-order valence-corrected chi connectivity index (χ3v) is 10.5. The van der Waals surface area contributed by atoms with E-state index in [1.807, 2.05) is 63.4 Å². The summed E-state index contributed by atoms with van der Waals surface area (Å²) in [6.45, 7) is 17.9. The number of hydrogen-bond donors (Lipinski definition) is 0. The molecule has 0 fully saturated rings. The first kappa shape index (κ1) is 33.8. The highest BCUT2D eigenvalue weighted by Crippen LogP contribution is 2.27. The molecule has 1 aromatic carbocycles. The minimum Gasteiger partial charge on any atom is -0.474 e. The van der Waals surface area contributed by atoms with Crippen LogP contribution in [-0.2, 0) is 22.8 Å². The molecule has 11 heteroatoms. The van der Waals surface area contributed by atoms with Crippen LogP contribution in [0.4, 0.5) is 0 Å². The second-order valence-corrected chi connectivity index (χ2v) is 14.2. The predicted molar refractivity (Wildman–Crippen MR) is 175 cm³/mol. The Bertz CT molecular complexity index is 1230. The molecule has 240 valence electrons. The first-order valence-electron chi connectivity index (χ1n) is 15.9. The SMILES string of the molecule is CCO[Si](CCCN=Cc1ccc(Oc2cc(C3=N[C@@H](C(C)C)CO3)nc(C3=N[C@@H](C(C)C)CO3)c2)cc1)(OCC)OCC. The fourth-order valence-electron chi connectivity index (χ4n) is 4.84. The van der Waals surface area contributed by atoms with E-state index in [0.29, 0.717) is 86.1 Å². The maximum absolute atomic E-state index is 6.29. The van der Waals surface area contributed by atoms with Gasteiger partial charge in [-0.15, -0.1) is 0 Å². The normalized spacial score (nSPS) is 18.6. The van der Waals surface area contributed by atoms with Gasteiger partial charge in [-0.2, -0.15) is 0 Å². The van der Waals surface area contributed by atoms with Gasteiger partial charge >= 0.3 is 8.80 Å². The van der Waals surface area contributed by atoms with Crippen molar-refractivity contribution in [2.45, 2.75) is 73.0 Å². The molecule has 0 saturated heterocycles. The lowest BCUT2D eigenvalue weighted by molar-refractivity contribution is 0.0710. The molecule has 44 heavy (non-hydrogen) atoms. The van der Waals surface area contributed by atoms with Crippen LogP contribution in [0.25, 0.3) is 0 Å². The third kappa shape index (κ3) is 9.20. The Hall–Kier alpha value is -3.12. The van der Waals surface area contributed by atoms with Gasteiger partial charge in [-0.3, -0.25) is 4.99 Å². The first-order chi connectivity index (χ1) is 21.3. The maximum atomic E-state index is 6.29. The Kier molecular flexibility index (Phi) is 12.5. The highest BCUT2D eigenvalue weighted by Gasteiger charge is 2.39. The fourth-order valence-corrected chi connectivity index (χ4v) is 7.44. The van der Waals surface area contributed by atoms with Gasteiger partial charge in [-0.05, 0) is 68.9 Å². The van der Waals surface area contributed by atoms with Crippen molar-refractivity contribution in [3.05, 3.63) is 53.3 Å². The molecule has 0 radical (unpaired) electrons. The van der Waals surface area contributed by atoms with Crippen molar-refractivity contribution in [1.29, 1.82) is 0 Å². The van der Waals surface area contributed by atoms with E-state index < -0.39 is 8.80 Å². The summed E-state index contributed by atoms with van der Waals surface area (Å²) in [5.41, 5.74) is 2.20. The smallest absolute Gasteiger partial charge is 0.474 e. The molecule has 0 saturated carbocycles. The summed E-state index contributed by atoms with van der Waals surface area (Å²) in [6.07, 6.45) is 2.70. The van der Waals surface area contributed by atoms with Crippen LogP contribution in [0.15, 0.2) is 51.4 Å². The zero-order valence-corrected chi connectivity index (χ0v) is 28.2. The average Bonchev–Trinajstić information content (AvgIpc) is 3.70. The molecule has 3 heterocycles. The zero-order chi connectivity index (χ0) is 31.5. The van der Waals surface area contributed by atoms with Gasteiger partial charge in [-0.25, -0.2) is 15.0 Å². The molecule has 10 nitrogen and oxygen atoms in total. The summed E-state index contributed by atoms with van der Waals surface area (Å²) in [6, 6.07) is 12.5. The molecule has 0 spiro atoms. The van der Waals surface area contributed by atoms with Crippen LogP contribution in [0.3, 0.4) is 0 Å². The lowest BCUT2D eigenvalue weighted by Gasteiger charge is -2.28. The molecule has 2 aliphatic heterocycles. The number of nitrogens with zero attached hydrogens (tertiary/aromatic N) is 4. The standard InChI is InChI=1S/C33H48N4O6Si/c1-8-40-44(41-9-2,42-10-3)17-11-16-34-20-25-12-14-26(15-13-25)43-27-18-28(32-36-30(21-38-32)23(4)5)35-29(19-27)33-37-31(22-39-33)24(6)7/h12-15,18-20,23-24,30-31H,8-11,16-17,21-22H2,1-7H3/t30-,31-/m1/s1. The third-order valence-electron chi connectivity index (χ3n) is 7.34. The van der Waals surface area contributed by atoms with E-state index in [0.717, 1.165) is 18.0 Å². The molecule has 0 bridgehead atoms. The lowest BCUT2D eigenvalue weighted by Crippen LogP contribution is -2.46. The van der Waals surface area contributed by atoms with E-state index in [4.69, 9.17) is 42.5 Å². The van der Waals surface area contributed by atoms with Gasteiger partial charge in [0, 0.05) is 50.8 Å². The molecular formula is C33H48N4O6Si. The molecule has 2 aromatic rings. The van der Waals surface area contributed by atoms with E-state index in [1.54, 1.807) is 0 Å². The number of aromatic nitrogens is 1. The second-order valence-electron chi connectivity index (χ2n) is 11.5. The lowest BCUT2D eigenvalue weighted by atomic mass is 10.1. The van der Waals surface area contributed by atoms with Crippen molar-refractivity contribution < 1.29 is 27.5 Å². The Morgan fingerprint density at radius 1 is 0.818 bits per heavy atom. The van der Waals surface area contributed by atoms with Gasteiger partial charge in [0.2, 0.25) is 11.8 Å². The average molecular weight is 625 g/mol. The van der Waals surface area contributed by atoms with Gasteiger partial charge in [0.15, 0.2) is 0 Å². The number of hydrogen-bond acceptors (Lipinski definition) is 10. The van der Waals surface area contributed by atoms with E-state index in [9.17, 15) is 0 Å². The Labute approximate surface area is 263 Å². The number of aliphatic imine (C=N–C) groups is 3. The van der Waals surface area contributed by atoms with Crippen molar-refractivity contribution >= 4 is 26.8 Å². The molecule has 4 rings (SSSR count). The molecule has 0 amide bonds. The van der Waals surface area contributed by atoms with Crippen molar-refractivity contribution in [3.63, 3.8) is 0 Å². The van der Waals surface area contributed by atoms with Crippen LogP contribution in [0.5, 0.6) is 11.5 Å². The van der Waals surface area contributed by atoms with Gasteiger partial charge in [0.25, 0.3) is 0 Å². The number of ether oxygens (including phenoxy) is 3. The molecular weight excluding hydrogens is 576 g/mol. The van der Waals surface area contributed by atoms with Crippen molar-refractivity contribution in [1.82, 2.24) is 4.98 Å². The molecule has 0 N–H and O–H groups in total. The van der Waals surface area contributed by atoms with Crippen LogP contribution in [0.1, 0.15) is 71.8 Å². The summed E-state index contributed by atoms with van der Waals surface area (Å²) in [5.74, 6) is 3.08. The van der Waals surface area contributed by atoms with Crippen LogP contribution in [-0.4, -0.2) is 83.5 Å². The van der Waals surface area contributed by atoms with Crippen LogP contribution >= 0.6 is 0 Å². The van der Waals surface area contributed by atoms with E-state index in [-0.39, 0.29) is 12.1 Å². The molecule has 1 aromatic heterocycles. The predicted octanol–water partition coefficient (Wildman–Crippen LogP) is 6.33. The van der Waals surface area contributed by atoms with Crippen molar-refractivity contribution in [3.8, 4) is 11.5 Å². The highest BCUT2D eigenvalue weighted by atomic mass is 28.4. The largest absolute Gasteiger partial charge is 0.500 e. The van der Waals surface area contributed by atoms with E-state index in [2.05, 4.69) is 32.7 Å². The number of benzene rings is 1. The van der Waals surface area contributed by atoms with Gasteiger partial charge in [-0.1, -0.05) is 27.7 Å². The number of rotatable bonds is 17. The minimum atomic E-state index is -2.64. The van der Waals surface area contributed by atoms with Gasteiger partial charge in [0.1, 0.15) is 36.1 Å². The second kappa shape index (κ2) is 16.3. The van der Waals surface area contributed by atoms with Gasteiger partial charge in [0.05, 0.1) is 12.1 Å². The topological polar surface area (TPSA) is 105 Å². The maximum Gasteiger partial charge on any atom is 0.500 e. The summed E-state index contributed by atoms with van der Waals surface area (Å²) in [7, 11) is -2.64. The molecule has 2 aliphatic rings. The van der Waals surface area contributed by atoms with Gasteiger partial charge < -0.3 is 27.5 Å². The summed E-state index contributed by atoms with van der Waals surface area (Å²) < 4.78 is 36.0. The number of pyridine rings is 1. The van der Waals surface area contributed by atoms with E-state index >= 15 is 0 Å². The zero-order valence-electron chi connectivity index (χ0n) is 27.2. The van der Waals surface area contributed by atoms with Crippen LogP contribution in [0, 0.1) is 11.8 Å². The summed E-state index contributed by atoms with van der Waals surface area (Å²) >= 11 is 0. The van der Waals surface area contributed by atoms with Crippen molar-refractivity contribution in [2.75, 3.05) is 39.6 Å². The van der Waals surface area contributed by atoms with E-state index in [1.165, 1.54) is 0 Å². The Morgan fingerprint density at radius 3 is 1.80 bits per heavy atom. The van der Waals surface area contributed by atoms with Crippen LogP contribution < -0.4 is 4.74 Å². The quantitative estimate of drug-likeness (QED) is 0.115. The Morgan fingerprint density at radius 2 is 1.34 bits per heavy atom. The summed E-state index contributed by atoms with van der Waals surface area (Å²) in [5, 5.41) is 0. The fraction of sp³-hybridized carbons (Fsp3) is 0.576. The van der Waals surface area contributed by atoms with Crippen molar-refractivity contribution in [2.24, 2.45) is 26.8 Å². The first-order valence-corrected chi connectivity index (χ1v) is 17.8. The molecule has 0 unspecified atom stereocenters.